The molecule has 10 nitrogen and oxygen atoms in total. The van der Waals surface area contributed by atoms with Crippen molar-refractivity contribution in [1.82, 2.24) is 0 Å². The molecule has 0 spiro atoms. The number of nitro benzene ring substituents is 2. The summed E-state index contributed by atoms with van der Waals surface area (Å²) >= 11 is 0. The normalized spacial score (nSPS) is 9.90. The molecule has 3 rings (SSSR count). The quantitative estimate of drug-likeness (QED) is 0.400. The average Bonchev–Trinajstić information content (AvgIpc) is 2.75. The fourth-order valence-electron chi connectivity index (χ4n) is 2.50. The van der Waals surface area contributed by atoms with E-state index in [0.717, 1.165) is 36.4 Å². The lowest BCUT2D eigenvalue weighted by atomic mass is 10.2. The number of benzene rings is 3. The van der Waals surface area contributed by atoms with Gasteiger partial charge in [0.25, 0.3) is 11.4 Å². The maximum atomic E-state index is 13.8. The van der Waals surface area contributed by atoms with Crippen LogP contribution in [0.25, 0.3) is 0 Å². The van der Waals surface area contributed by atoms with Crippen LogP contribution in [0.5, 0.6) is 23.0 Å². The molecule has 0 aliphatic carbocycles. The minimum Gasteiger partial charge on any atom is -0.452 e. The Bertz CT molecular complexity index is 1300. The molecule has 0 heterocycles. The predicted molar refractivity (Wildman–Crippen MR) is 102 cm³/mol. The van der Waals surface area contributed by atoms with Crippen molar-refractivity contribution in [2.24, 2.45) is 0 Å². The van der Waals surface area contributed by atoms with Crippen LogP contribution in [0.2, 0.25) is 0 Å². The van der Waals surface area contributed by atoms with Crippen molar-refractivity contribution in [3.8, 4) is 35.1 Å². The molecular weight excluding hydrogens is 411 g/mol. The second kappa shape index (κ2) is 8.55. The van der Waals surface area contributed by atoms with Crippen LogP contribution in [0.4, 0.5) is 15.8 Å². The first-order valence-electron chi connectivity index (χ1n) is 8.34. The summed E-state index contributed by atoms with van der Waals surface area (Å²) in [6, 6.07) is 13.4. The number of nitriles is 2. The Morgan fingerprint density at radius 3 is 1.61 bits per heavy atom. The van der Waals surface area contributed by atoms with E-state index in [9.17, 15) is 35.1 Å². The van der Waals surface area contributed by atoms with E-state index in [1.165, 1.54) is 18.2 Å². The van der Waals surface area contributed by atoms with E-state index in [-0.39, 0.29) is 45.5 Å². The molecule has 0 fully saturated rings. The lowest BCUT2D eigenvalue weighted by Gasteiger charge is -2.14. The van der Waals surface area contributed by atoms with E-state index in [4.69, 9.17) is 9.47 Å². The van der Waals surface area contributed by atoms with Crippen LogP contribution in [0.3, 0.4) is 0 Å². The third-order valence-electron chi connectivity index (χ3n) is 3.93. The summed E-state index contributed by atoms with van der Waals surface area (Å²) < 4.78 is 25.0. The molecule has 0 aromatic heterocycles. The Labute approximate surface area is 173 Å². The van der Waals surface area contributed by atoms with Crippen LogP contribution in [0.1, 0.15) is 11.1 Å². The third-order valence-corrected chi connectivity index (χ3v) is 3.93. The highest BCUT2D eigenvalue weighted by molar-refractivity contribution is 5.55. The number of halogens is 1. The van der Waals surface area contributed by atoms with E-state index in [0.29, 0.717) is 0 Å². The standard InChI is InChI=1S/C20H9FN4O6/c21-14-1-4-19(30-17-5-2-15(24(26)27)7-12(17)10-22)20(9-14)31-18-6-3-16(25(28)29)8-13(18)11-23/h1-9H. The van der Waals surface area contributed by atoms with Crippen molar-refractivity contribution in [1.29, 1.82) is 10.5 Å². The van der Waals surface area contributed by atoms with Crippen molar-refractivity contribution < 1.29 is 23.7 Å². The van der Waals surface area contributed by atoms with Crippen molar-refractivity contribution in [3.05, 3.63) is 91.8 Å². The molecule has 0 saturated heterocycles. The van der Waals surface area contributed by atoms with Gasteiger partial charge in [-0.1, -0.05) is 0 Å². The Morgan fingerprint density at radius 2 is 1.16 bits per heavy atom. The van der Waals surface area contributed by atoms with Gasteiger partial charge in [0.1, 0.15) is 40.6 Å². The highest BCUT2D eigenvalue weighted by atomic mass is 19.1. The Morgan fingerprint density at radius 1 is 0.710 bits per heavy atom. The summed E-state index contributed by atoms with van der Waals surface area (Å²) in [5.41, 5.74) is -0.955. The smallest absolute Gasteiger partial charge is 0.271 e. The van der Waals surface area contributed by atoms with Crippen LogP contribution in [0, 0.1) is 48.7 Å². The summed E-state index contributed by atoms with van der Waals surface area (Å²) in [5.74, 6) is -1.09. The van der Waals surface area contributed by atoms with Crippen molar-refractivity contribution in [2.45, 2.75) is 0 Å². The van der Waals surface area contributed by atoms with E-state index >= 15 is 0 Å². The van der Waals surface area contributed by atoms with Gasteiger partial charge in [0, 0.05) is 30.3 Å². The second-order valence-electron chi connectivity index (χ2n) is 5.89. The van der Waals surface area contributed by atoms with E-state index in [2.05, 4.69) is 0 Å². The summed E-state index contributed by atoms with van der Waals surface area (Å²) in [4.78, 5) is 20.4. The highest BCUT2D eigenvalue weighted by Crippen LogP contribution is 2.38. The molecule has 0 bridgehead atoms. The molecule has 3 aromatic carbocycles. The van der Waals surface area contributed by atoms with Gasteiger partial charge >= 0.3 is 0 Å². The van der Waals surface area contributed by atoms with E-state index < -0.39 is 15.7 Å². The topological polar surface area (TPSA) is 152 Å². The van der Waals surface area contributed by atoms with Gasteiger partial charge in [-0.2, -0.15) is 10.5 Å². The van der Waals surface area contributed by atoms with E-state index in [1.807, 2.05) is 0 Å². The number of non-ortho nitro benzene ring substituents is 2. The van der Waals surface area contributed by atoms with Crippen molar-refractivity contribution >= 4 is 11.4 Å². The molecule has 0 aliphatic rings. The van der Waals surface area contributed by atoms with Gasteiger partial charge in [0.05, 0.1) is 9.85 Å². The molecule has 0 amide bonds. The number of nitrogens with zero attached hydrogens (tertiary/aromatic N) is 4. The van der Waals surface area contributed by atoms with Crippen molar-refractivity contribution in [2.75, 3.05) is 0 Å². The first-order chi connectivity index (χ1) is 14.8. The Kier molecular flexibility index (Phi) is 5.71. The summed E-state index contributed by atoms with van der Waals surface area (Å²) in [5, 5.41) is 40.3. The minimum atomic E-state index is -0.702. The fraction of sp³-hybridized carbons (Fsp3) is 0. The largest absolute Gasteiger partial charge is 0.452 e. The van der Waals surface area contributed by atoms with Crippen LogP contribution < -0.4 is 9.47 Å². The number of hydrogen-bond acceptors (Lipinski definition) is 8. The molecular formula is C20H9FN4O6. The summed E-state index contributed by atoms with van der Waals surface area (Å²) in [6.45, 7) is 0. The van der Waals surface area contributed by atoms with Crippen LogP contribution in [-0.4, -0.2) is 9.85 Å². The van der Waals surface area contributed by atoms with Gasteiger partial charge in [-0.15, -0.1) is 0 Å². The zero-order valence-electron chi connectivity index (χ0n) is 15.3. The predicted octanol–water partition coefficient (Wildman–Crippen LogP) is 4.97. The lowest BCUT2D eigenvalue weighted by molar-refractivity contribution is -0.385. The van der Waals surface area contributed by atoms with Gasteiger partial charge < -0.3 is 9.47 Å². The molecule has 0 atom stereocenters. The maximum Gasteiger partial charge on any atom is 0.271 e. The molecule has 0 unspecified atom stereocenters. The lowest BCUT2D eigenvalue weighted by Crippen LogP contribution is -1.96. The van der Waals surface area contributed by atoms with Crippen LogP contribution >= 0.6 is 0 Å². The van der Waals surface area contributed by atoms with E-state index in [1.54, 1.807) is 12.1 Å². The number of hydrogen-bond donors (Lipinski definition) is 0. The summed E-state index contributed by atoms with van der Waals surface area (Å²) in [6.07, 6.45) is 0. The van der Waals surface area contributed by atoms with Crippen molar-refractivity contribution in [3.63, 3.8) is 0 Å². The zero-order valence-corrected chi connectivity index (χ0v) is 15.3. The highest BCUT2D eigenvalue weighted by Gasteiger charge is 2.17. The molecule has 0 saturated carbocycles. The number of ether oxygens (including phenoxy) is 2. The molecule has 0 aliphatic heterocycles. The first kappa shape index (κ1) is 20.7. The first-order valence-corrected chi connectivity index (χ1v) is 8.34. The number of nitro groups is 2. The van der Waals surface area contributed by atoms with Crippen LogP contribution in [0.15, 0.2) is 54.6 Å². The monoisotopic (exact) mass is 420 g/mol. The van der Waals surface area contributed by atoms with Gasteiger partial charge in [0.15, 0.2) is 11.5 Å². The zero-order chi connectivity index (χ0) is 22.5. The summed E-state index contributed by atoms with van der Waals surface area (Å²) in [7, 11) is 0. The molecule has 3 aromatic rings. The average molecular weight is 420 g/mol. The molecule has 0 radical (unpaired) electrons. The van der Waals surface area contributed by atoms with Gasteiger partial charge in [-0.3, -0.25) is 20.2 Å². The fourth-order valence-corrected chi connectivity index (χ4v) is 2.50. The molecule has 0 N–H and O–H groups in total. The SMILES string of the molecule is N#Cc1cc([N+](=O)[O-])ccc1Oc1ccc(F)cc1Oc1ccc([N+](=O)[O-])cc1C#N. The van der Waals surface area contributed by atoms with Crippen LogP contribution in [-0.2, 0) is 0 Å². The number of rotatable bonds is 6. The van der Waals surface area contributed by atoms with Gasteiger partial charge in [0.2, 0.25) is 0 Å². The molecule has 31 heavy (non-hydrogen) atoms. The van der Waals surface area contributed by atoms with Gasteiger partial charge in [-0.05, 0) is 24.3 Å². The maximum absolute atomic E-state index is 13.8. The van der Waals surface area contributed by atoms with Gasteiger partial charge in [-0.25, -0.2) is 4.39 Å². The molecule has 152 valence electrons. The third kappa shape index (κ3) is 4.52. The minimum absolute atomic E-state index is 0.0474. The Balaban J connectivity index is 2.00. The Hall–Kier alpha value is -5.03. The second-order valence-corrected chi connectivity index (χ2v) is 5.89. The molecule has 11 heteroatoms.